The summed E-state index contributed by atoms with van der Waals surface area (Å²) in [4.78, 5) is 19.4. The number of ether oxygens (including phenoxy) is 1. The Bertz CT molecular complexity index is 719. The van der Waals surface area contributed by atoms with Gasteiger partial charge >= 0.3 is 6.36 Å². The van der Waals surface area contributed by atoms with Gasteiger partial charge in [0.1, 0.15) is 23.6 Å². The minimum Gasteiger partial charge on any atom is -0.406 e. The molecule has 0 aliphatic carbocycles. The molecule has 0 atom stereocenters. The summed E-state index contributed by atoms with van der Waals surface area (Å²) < 4.78 is 53.8. The molecule has 0 saturated carbocycles. The molecule has 2 rings (SSSR count). The first-order valence-electron chi connectivity index (χ1n) is 6.35. The number of halogens is 4. The maximum atomic E-state index is 13.6. The van der Waals surface area contributed by atoms with Crippen molar-refractivity contribution in [3.63, 3.8) is 0 Å². The summed E-state index contributed by atoms with van der Waals surface area (Å²) >= 11 is 0. The molecule has 0 fully saturated rings. The summed E-state index contributed by atoms with van der Waals surface area (Å²) in [5, 5.41) is 2.37. The van der Waals surface area contributed by atoms with Crippen LogP contribution in [0.4, 0.5) is 17.6 Å². The predicted octanol–water partition coefficient (Wildman–Crippen LogP) is 2.75. The molecular formula is C14H11F4N3O2. The van der Waals surface area contributed by atoms with E-state index in [0.717, 1.165) is 18.2 Å². The first-order valence-corrected chi connectivity index (χ1v) is 6.35. The van der Waals surface area contributed by atoms with E-state index in [4.69, 9.17) is 0 Å². The second-order valence-corrected chi connectivity index (χ2v) is 4.53. The molecule has 23 heavy (non-hydrogen) atoms. The highest BCUT2D eigenvalue weighted by Crippen LogP contribution is 2.24. The highest BCUT2D eigenvalue weighted by molar-refractivity contribution is 5.92. The minimum atomic E-state index is -4.88. The molecule has 9 heteroatoms. The summed E-state index contributed by atoms with van der Waals surface area (Å²) in [6.07, 6.45) is -3.68. The van der Waals surface area contributed by atoms with Gasteiger partial charge in [0.05, 0.1) is 0 Å². The normalized spacial score (nSPS) is 11.2. The fraction of sp³-hybridized carbons (Fsp3) is 0.214. The van der Waals surface area contributed by atoms with Crippen molar-refractivity contribution in [3.05, 3.63) is 53.4 Å². The van der Waals surface area contributed by atoms with E-state index < -0.39 is 23.8 Å². The summed E-state index contributed by atoms with van der Waals surface area (Å²) in [5.74, 6) is -1.93. The number of nitrogens with one attached hydrogen (secondary N) is 1. The molecule has 1 heterocycles. The SMILES string of the molecule is Cc1cc(C(=O)NCc2cc(OC(F)(F)F)ccc2F)ncn1. The topological polar surface area (TPSA) is 64.1 Å². The van der Waals surface area contributed by atoms with Gasteiger partial charge in [0.15, 0.2) is 0 Å². The third-order valence-corrected chi connectivity index (χ3v) is 2.73. The average molecular weight is 329 g/mol. The Labute approximate surface area is 128 Å². The monoisotopic (exact) mass is 329 g/mol. The number of benzene rings is 1. The zero-order valence-corrected chi connectivity index (χ0v) is 11.8. The third-order valence-electron chi connectivity index (χ3n) is 2.73. The molecular weight excluding hydrogens is 318 g/mol. The van der Waals surface area contributed by atoms with Gasteiger partial charge < -0.3 is 10.1 Å². The Balaban J connectivity index is 2.08. The summed E-state index contributed by atoms with van der Waals surface area (Å²) in [6.45, 7) is 1.35. The van der Waals surface area contributed by atoms with Crippen molar-refractivity contribution in [1.29, 1.82) is 0 Å². The van der Waals surface area contributed by atoms with Crippen LogP contribution in [0.1, 0.15) is 21.7 Å². The number of rotatable bonds is 4. The van der Waals surface area contributed by atoms with Gasteiger partial charge in [0, 0.05) is 17.8 Å². The molecule has 2 aromatic rings. The van der Waals surface area contributed by atoms with Crippen LogP contribution in [0, 0.1) is 12.7 Å². The molecule has 0 aliphatic rings. The first-order chi connectivity index (χ1) is 10.7. The molecule has 0 spiro atoms. The largest absolute Gasteiger partial charge is 0.573 e. The van der Waals surface area contributed by atoms with Crippen molar-refractivity contribution in [2.45, 2.75) is 19.8 Å². The van der Waals surface area contributed by atoms with E-state index in [-0.39, 0.29) is 17.8 Å². The van der Waals surface area contributed by atoms with Crippen molar-refractivity contribution < 1.29 is 27.1 Å². The Morgan fingerprint density at radius 2 is 2.00 bits per heavy atom. The highest BCUT2D eigenvalue weighted by Gasteiger charge is 2.31. The smallest absolute Gasteiger partial charge is 0.406 e. The van der Waals surface area contributed by atoms with Crippen LogP contribution in [-0.4, -0.2) is 22.2 Å². The molecule has 0 saturated heterocycles. The van der Waals surface area contributed by atoms with Crippen LogP contribution in [-0.2, 0) is 6.54 Å². The Hall–Kier alpha value is -2.71. The molecule has 0 aliphatic heterocycles. The first kappa shape index (κ1) is 16.7. The van der Waals surface area contributed by atoms with Crippen LogP contribution in [0.2, 0.25) is 0 Å². The van der Waals surface area contributed by atoms with E-state index in [9.17, 15) is 22.4 Å². The second-order valence-electron chi connectivity index (χ2n) is 4.53. The molecule has 122 valence electrons. The van der Waals surface area contributed by atoms with E-state index >= 15 is 0 Å². The number of nitrogens with zero attached hydrogens (tertiary/aromatic N) is 2. The summed E-state index contributed by atoms with van der Waals surface area (Å²) in [5.41, 5.74) is 0.489. The lowest BCUT2D eigenvalue weighted by molar-refractivity contribution is -0.274. The van der Waals surface area contributed by atoms with Crippen molar-refractivity contribution >= 4 is 5.91 Å². The van der Waals surface area contributed by atoms with E-state index in [1.54, 1.807) is 6.92 Å². The maximum absolute atomic E-state index is 13.6. The third kappa shape index (κ3) is 4.90. The standard InChI is InChI=1S/C14H11F4N3O2/c1-8-4-12(21-7-20-8)13(22)19-6-9-5-10(2-3-11(9)15)23-14(16,17)18/h2-5,7H,6H2,1H3,(H,19,22). The van der Waals surface area contributed by atoms with E-state index in [0.29, 0.717) is 5.69 Å². The number of amides is 1. The molecule has 1 aromatic heterocycles. The number of alkyl halides is 3. The van der Waals surface area contributed by atoms with Gasteiger partial charge in [0.25, 0.3) is 5.91 Å². The zero-order valence-electron chi connectivity index (χ0n) is 11.8. The van der Waals surface area contributed by atoms with Gasteiger partial charge in [-0.2, -0.15) is 0 Å². The molecule has 0 bridgehead atoms. The summed E-state index contributed by atoms with van der Waals surface area (Å²) in [6, 6.07) is 3.97. The van der Waals surface area contributed by atoms with Crippen LogP contribution in [0.25, 0.3) is 0 Å². The fourth-order valence-corrected chi connectivity index (χ4v) is 1.73. The Morgan fingerprint density at radius 3 is 2.65 bits per heavy atom. The van der Waals surface area contributed by atoms with Crippen LogP contribution >= 0.6 is 0 Å². The zero-order chi connectivity index (χ0) is 17.0. The van der Waals surface area contributed by atoms with Gasteiger partial charge in [-0.1, -0.05) is 0 Å². The fourth-order valence-electron chi connectivity index (χ4n) is 1.73. The van der Waals surface area contributed by atoms with Crippen LogP contribution < -0.4 is 10.1 Å². The quantitative estimate of drug-likeness (QED) is 0.876. The number of hydrogen-bond acceptors (Lipinski definition) is 4. The lowest BCUT2D eigenvalue weighted by Crippen LogP contribution is -2.24. The van der Waals surface area contributed by atoms with Crippen molar-refractivity contribution in [2.75, 3.05) is 0 Å². The minimum absolute atomic E-state index is 0.0700. The van der Waals surface area contributed by atoms with E-state index in [2.05, 4.69) is 20.0 Å². The van der Waals surface area contributed by atoms with Crippen LogP contribution in [0.3, 0.4) is 0 Å². The molecule has 0 radical (unpaired) electrons. The number of carbonyl (C=O) groups is 1. The number of hydrogen-bond donors (Lipinski definition) is 1. The van der Waals surface area contributed by atoms with Crippen molar-refractivity contribution in [3.8, 4) is 5.75 Å². The van der Waals surface area contributed by atoms with Crippen LogP contribution in [0.15, 0.2) is 30.6 Å². The molecule has 1 N–H and O–H groups in total. The lowest BCUT2D eigenvalue weighted by atomic mass is 10.2. The second kappa shape index (κ2) is 6.59. The summed E-state index contributed by atoms with van der Waals surface area (Å²) in [7, 11) is 0. The lowest BCUT2D eigenvalue weighted by Gasteiger charge is -2.11. The number of aromatic nitrogens is 2. The molecule has 1 aromatic carbocycles. The van der Waals surface area contributed by atoms with Gasteiger partial charge in [-0.05, 0) is 31.2 Å². The Morgan fingerprint density at radius 1 is 1.26 bits per heavy atom. The Kier molecular flexibility index (Phi) is 4.77. The van der Waals surface area contributed by atoms with Gasteiger partial charge in [-0.3, -0.25) is 4.79 Å². The van der Waals surface area contributed by atoms with Gasteiger partial charge in [-0.25, -0.2) is 14.4 Å². The molecule has 1 amide bonds. The average Bonchev–Trinajstić information content (AvgIpc) is 2.46. The van der Waals surface area contributed by atoms with E-state index in [1.807, 2.05) is 0 Å². The highest BCUT2D eigenvalue weighted by atomic mass is 19.4. The van der Waals surface area contributed by atoms with Crippen molar-refractivity contribution in [2.24, 2.45) is 0 Å². The van der Waals surface area contributed by atoms with Crippen molar-refractivity contribution in [1.82, 2.24) is 15.3 Å². The van der Waals surface area contributed by atoms with E-state index in [1.165, 1.54) is 12.4 Å². The predicted molar refractivity (Wildman–Crippen MR) is 71.0 cm³/mol. The van der Waals surface area contributed by atoms with Gasteiger partial charge in [0.2, 0.25) is 0 Å². The maximum Gasteiger partial charge on any atom is 0.573 e. The number of aryl methyl sites for hydroxylation is 1. The van der Waals surface area contributed by atoms with Gasteiger partial charge in [-0.15, -0.1) is 13.2 Å². The number of carbonyl (C=O) groups excluding carboxylic acids is 1. The molecule has 0 unspecified atom stereocenters. The van der Waals surface area contributed by atoms with Crippen LogP contribution in [0.5, 0.6) is 5.75 Å². The molecule has 5 nitrogen and oxygen atoms in total.